The zero-order valence-corrected chi connectivity index (χ0v) is 21.8. The monoisotopic (exact) mass is 496 g/mol. The van der Waals surface area contributed by atoms with Crippen molar-refractivity contribution in [1.29, 1.82) is 0 Å². The largest absolute Gasteiger partial charge is 0.362 e. The molecule has 3 aromatic carbocycles. The normalized spacial score (nSPS) is 14.4. The number of nitrogens with zero attached hydrogens (tertiary/aromatic N) is 2. The van der Waals surface area contributed by atoms with Crippen molar-refractivity contribution in [3.63, 3.8) is 0 Å². The number of carbonyl (C=O) groups is 2. The second-order valence-electron chi connectivity index (χ2n) is 9.53. The molecule has 2 N–H and O–H groups in total. The third kappa shape index (κ3) is 5.72. The molecule has 0 atom stereocenters. The maximum absolute atomic E-state index is 13.1. The van der Waals surface area contributed by atoms with Gasteiger partial charge >= 0.3 is 5.97 Å². The number of rotatable bonds is 8. The van der Waals surface area contributed by atoms with E-state index in [4.69, 9.17) is 4.84 Å². The first-order valence-corrected chi connectivity index (χ1v) is 12.4. The van der Waals surface area contributed by atoms with Crippen LogP contribution >= 0.6 is 0 Å². The number of anilines is 3. The molecule has 4 rings (SSSR count). The summed E-state index contributed by atoms with van der Waals surface area (Å²) in [4.78, 5) is 31.0. The zero-order valence-electron chi connectivity index (χ0n) is 21.8. The molecule has 3 aromatic rings. The Kier molecular flexibility index (Phi) is 7.72. The smallest absolute Gasteiger partial charge is 0.361 e. The first kappa shape index (κ1) is 25.7. The molecule has 0 aromatic heterocycles. The van der Waals surface area contributed by atoms with Crippen LogP contribution in [0.2, 0.25) is 0 Å². The summed E-state index contributed by atoms with van der Waals surface area (Å²) in [6.07, 6.45) is 1.70. The highest BCUT2D eigenvalue weighted by Crippen LogP contribution is 2.27. The molecule has 0 spiro atoms. The third-order valence-corrected chi connectivity index (χ3v) is 6.20. The molecule has 7 nitrogen and oxygen atoms in total. The van der Waals surface area contributed by atoms with Gasteiger partial charge in [0.1, 0.15) is 0 Å². The standard InChI is InChI=1S/C30H32N4O3/c1-19(2)24-10-6-8-12-27(24)31-18-26-21(5)32-34(29(26)35)23-16-14-22(15-17-23)30(36)37-33-28-13-9-7-11-25(28)20(3)4/h6-20,31,33H,1-5H3. The van der Waals surface area contributed by atoms with Gasteiger partial charge in [0.05, 0.1) is 28.2 Å². The first-order chi connectivity index (χ1) is 17.8. The second kappa shape index (κ2) is 11.1. The zero-order chi connectivity index (χ0) is 26.5. The number of hydrogen-bond donors (Lipinski definition) is 2. The van der Waals surface area contributed by atoms with Crippen LogP contribution in [0.15, 0.2) is 89.7 Å². The molecule has 0 saturated heterocycles. The van der Waals surface area contributed by atoms with Gasteiger partial charge in [0, 0.05) is 11.9 Å². The van der Waals surface area contributed by atoms with E-state index >= 15 is 0 Å². The van der Waals surface area contributed by atoms with Gasteiger partial charge in [-0.15, -0.1) is 0 Å². The van der Waals surface area contributed by atoms with Gasteiger partial charge in [-0.05, 0) is 66.3 Å². The molecule has 0 aliphatic carbocycles. The Bertz CT molecular complexity index is 1360. The lowest BCUT2D eigenvalue weighted by Crippen LogP contribution is -2.22. The number of hydrogen-bond acceptors (Lipinski definition) is 6. The predicted molar refractivity (Wildman–Crippen MR) is 149 cm³/mol. The van der Waals surface area contributed by atoms with Crippen molar-refractivity contribution in [3.8, 4) is 0 Å². The summed E-state index contributed by atoms with van der Waals surface area (Å²) in [7, 11) is 0. The van der Waals surface area contributed by atoms with Crippen LogP contribution in [0.25, 0.3) is 0 Å². The average Bonchev–Trinajstić information content (AvgIpc) is 3.19. The number of para-hydroxylation sites is 2. The van der Waals surface area contributed by atoms with Crippen molar-refractivity contribution >= 4 is 34.7 Å². The predicted octanol–water partition coefficient (Wildman–Crippen LogP) is 6.84. The molecule has 190 valence electrons. The molecule has 1 amide bonds. The lowest BCUT2D eigenvalue weighted by molar-refractivity contribution is -0.114. The minimum atomic E-state index is -0.522. The summed E-state index contributed by atoms with van der Waals surface area (Å²) in [6.45, 7) is 10.2. The van der Waals surface area contributed by atoms with E-state index in [0.717, 1.165) is 16.9 Å². The van der Waals surface area contributed by atoms with Gasteiger partial charge in [-0.1, -0.05) is 64.1 Å². The van der Waals surface area contributed by atoms with Crippen LogP contribution in [-0.4, -0.2) is 17.6 Å². The van der Waals surface area contributed by atoms with Crippen LogP contribution in [0.3, 0.4) is 0 Å². The number of amides is 1. The Hall–Kier alpha value is -4.39. The van der Waals surface area contributed by atoms with Gasteiger partial charge in [0.25, 0.3) is 5.91 Å². The van der Waals surface area contributed by atoms with Gasteiger partial charge in [0.15, 0.2) is 0 Å². The van der Waals surface area contributed by atoms with Gasteiger partial charge < -0.3 is 10.2 Å². The number of carbonyl (C=O) groups excluding carboxylic acids is 2. The first-order valence-electron chi connectivity index (χ1n) is 12.4. The molecule has 0 radical (unpaired) electrons. The molecule has 7 heteroatoms. The van der Waals surface area contributed by atoms with Crippen molar-refractivity contribution in [3.05, 3.63) is 101 Å². The Labute approximate surface area is 217 Å². The summed E-state index contributed by atoms with van der Waals surface area (Å²) in [5, 5.41) is 9.04. The molecule has 0 fully saturated rings. The topological polar surface area (TPSA) is 83.0 Å². The van der Waals surface area contributed by atoms with Crippen molar-refractivity contribution in [2.24, 2.45) is 5.10 Å². The molecule has 0 saturated carbocycles. The van der Waals surface area contributed by atoms with Crippen LogP contribution < -0.4 is 15.8 Å². The van der Waals surface area contributed by atoms with E-state index in [1.165, 1.54) is 10.6 Å². The Morgan fingerprint density at radius 3 is 2.05 bits per heavy atom. The summed E-state index contributed by atoms with van der Waals surface area (Å²) >= 11 is 0. The van der Waals surface area contributed by atoms with Crippen molar-refractivity contribution < 1.29 is 14.4 Å². The van der Waals surface area contributed by atoms with E-state index in [0.29, 0.717) is 28.5 Å². The third-order valence-electron chi connectivity index (χ3n) is 6.20. The quantitative estimate of drug-likeness (QED) is 0.264. The summed E-state index contributed by atoms with van der Waals surface area (Å²) in [5.74, 6) is -0.138. The maximum Gasteiger partial charge on any atom is 0.362 e. The van der Waals surface area contributed by atoms with E-state index < -0.39 is 5.97 Å². The number of benzene rings is 3. The molecule has 0 unspecified atom stereocenters. The number of hydrazone groups is 1. The summed E-state index contributed by atoms with van der Waals surface area (Å²) in [5.41, 5.74) is 8.70. The fourth-order valence-electron chi connectivity index (χ4n) is 4.13. The van der Waals surface area contributed by atoms with Crippen LogP contribution in [-0.2, 0) is 9.63 Å². The molecular weight excluding hydrogens is 464 g/mol. The molecule has 1 aliphatic heterocycles. The van der Waals surface area contributed by atoms with Crippen LogP contribution in [0.4, 0.5) is 17.1 Å². The van der Waals surface area contributed by atoms with Crippen LogP contribution in [0.1, 0.15) is 67.9 Å². The van der Waals surface area contributed by atoms with Gasteiger partial charge in [-0.25, -0.2) is 10.3 Å². The fourth-order valence-corrected chi connectivity index (χ4v) is 4.13. The lowest BCUT2D eigenvalue weighted by atomic mass is 10.0. The van der Waals surface area contributed by atoms with Gasteiger partial charge in [0.2, 0.25) is 0 Å². The van der Waals surface area contributed by atoms with Crippen molar-refractivity contribution in [2.75, 3.05) is 15.8 Å². The Balaban J connectivity index is 1.43. The minimum Gasteiger partial charge on any atom is -0.361 e. The van der Waals surface area contributed by atoms with Gasteiger partial charge in [-0.3, -0.25) is 4.79 Å². The van der Waals surface area contributed by atoms with Crippen molar-refractivity contribution in [2.45, 2.75) is 46.5 Å². The Morgan fingerprint density at radius 2 is 1.43 bits per heavy atom. The maximum atomic E-state index is 13.1. The highest BCUT2D eigenvalue weighted by molar-refractivity contribution is 6.29. The minimum absolute atomic E-state index is 0.241. The van der Waals surface area contributed by atoms with E-state index in [-0.39, 0.29) is 11.8 Å². The van der Waals surface area contributed by atoms with E-state index in [1.54, 1.807) is 37.4 Å². The second-order valence-corrected chi connectivity index (χ2v) is 9.53. The lowest BCUT2D eigenvalue weighted by Gasteiger charge is -2.15. The summed E-state index contributed by atoms with van der Waals surface area (Å²) in [6, 6.07) is 22.3. The van der Waals surface area contributed by atoms with Crippen LogP contribution in [0, 0.1) is 0 Å². The van der Waals surface area contributed by atoms with Crippen LogP contribution in [0.5, 0.6) is 0 Å². The summed E-state index contributed by atoms with van der Waals surface area (Å²) < 4.78 is 0. The van der Waals surface area contributed by atoms with Crippen molar-refractivity contribution in [1.82, 2.24) is 0 Å². The highest BCUT2D eigenvalue weighted by Gasteiger charge is 2.29. The molecule has 1 heterocycles. The Morgan fingerprint density at radius 1 is 0.865 bits per heavy atom. The fraction of sp³-hybridized carbons (Fsp3) is 0.233. The number of nitrogens with one attached hydrogen (secondary N) is 2. The highest BCUT2D eigenvalue weighted by atomic mass is 16.7. The molecule has 0 bridgehead atoms. The van der Waals surface area contributed by atoms with Gasteiger partial charge in [-0.2, -0.15) is 10.1 Å². The molecule has 37 heavy (non-hydrogen) atoms. The average molecular weight is 497 g/mol. The van der Waals surface area contributed by atoms with E-state index in [2.05, 4.69) is 49.7 Å². The van der Waals surface area contributed by atoms with E-state index in [9.17, 15) is 9.59 Å². The van der Waals surface area contributed by atoms with E-state index in [1.807, 2.05) is 42.5 Å². The molecule has 1 aliphatic rings. The SMILES string of the molecule is CC1=NN(c2ccc(C(=O)ONc3ccccc3C(C)C)cc2)C(=O)C1=CNc1ccccc1C(C)C. The molecular formula is C30H32N4O3.